The lowest BCUT2D eigenvalue weighted by molar-refractivity contribution is 0.0679. The van der Waals surface area contributed by atoms with Crippen molar-refractivity contribution in [3.63, 3.8) is 0 Å². The van der Waals surface area contributed by atoms with Gasteiger partial charge in [0.15, 0.2) is 0 Å². The van der Waals surface area contributed by atoms with Crippen LogP contribution in [0.4, 0.5) is 0 Å². The number of rotatable bonds is 3. The van der Waals surface area contributed by atoms with Crippen molar-refractivity contribution >= 4 is 5.91 Å². The van der Waals surface area contributed by atoms with Gasteiger partial charge in [-0.1, -0.05) is 0 Å². The molecule has 0 aliphatic carbocycles. The van der Waals surface area contributed by atoms with Crippen molar-refractivity contribution in [3.8, 4) is 11.5 Å². The molecule has 2 aromatic heterocycles. The van der Waals surface area contributed by atoms with Crippen LogP contribution in [0, 0.1) is 5.92 Å². The number of aromatic amines is 1. The maximum absolute atomic E-state index is 12.5. The Morgan fingerprint density at radius 1 is 1.35 bits per heavy atom. The molecule has 2 aromatic rings. The van der Waals surface area contributed by atoms with E-state index in [-0.39, 0.29) is 17.5 Å². The zero-order valence-electron chi connectivity index (χ0n) is 13.1. The molecule has 3 N–H and O–H groups in total. The molecule has 1 atom stereocenters. The number of carbonyl (C=O) groups is 1. The molecule has 3 heterocycles. The molecule has 1 amide bonds. The summed E-state index contributed by atoms with van der Waals surface area (Å²) in [6.45, 7) is 3.29. The van der Waals surface area contributed by atoms with Crippen LogP contribution in [0.1, 0.15) is 30.1 Å². The molecule has 1 fully saturated rings. The molecule has 0 spiro atoms. The van der Waals surface area contributed by atoms with Gasteiger partial charge in [-0.25, -0.2) is 0 Å². The van der Waals surface area contributed by atoms with E-state index in [4.69, 9.17) is 10.2 Å². The van der Waals surface area contributed by atoms with Crippen molar-refractivity contribution in [3.05, 3.63) is 46.4 Å². The van der Waals surface area contributed by atoms with Gasteiger partial charge in [0.25, 0.3) is 11.5 Å². The van der Waals surface area contributed by atoms with Crippen LogP contribution >= 0.6 is 0 Å². The SMILES string of the molecule is CC(N)C1CCN(C(=O)c2ccc(-c3ccco3)[nH]c2=O)CC1. The largest absolute Gasteiger partial charge is 0.463 e. The highest BCUT2D eigenvalue weighted by Gasteiger charge is 2.26. The first-order valence-electron chi connectivity index (χ1n) is 7.88. The molecular weight excluding hydrogens is 294 g/mol. The number of nitrogens with two attached hydrogens (primary N) is 1. The van der Waals surface area contributed by atoms with E-state index in [9.17, 15) is 9.59 Å². The molecule has 1 saturated heterocycles. The van der Waals surface area contributed by atoms with Gasteiger partial charge in [0.05, 0.1) is 12.0 Å². The predicted molar refractivity (Wildman–Crippen MR) is 87.0 cm³/mol. The molecule has 6 heteroatoms. The average molecular weight is 315 g/mol. The number of nitrogens with one attached hydrogen (secondary N) is 1. The van der Waals surface area contributed by atoms with Gasteiger partial charge in [0.2, 0.25) is 0 Å². The fourth-order valence-electron chi connectivity index (χ4n) is 3.02. The maximum Gasteiger partial charge on any atom is 0.261 e. The summed E-state index contributed by atoms with van der Waals surface area (Å²) in [6, 6.07) is 6.91. The monoisotopic (exact) mass is 315 g/mol. The Morgan fingerprint density at radius 3 is 2.65 bits per heavy atom. The van der Waals surface area contributed by atoms with E-state index in [1.165, 1.54) is 6.26 Å². The quantitative estimate of drug-likeness (QED) is 0.904. The van der Waals surface area contributed by atoms with E-state index in [2.05, 4.69) is 4.98 Å². The number of amides is 1. The first kappa shape index (κ1) is 15.6. The van der Waals surface area contributed by atoms with E-state index in [1.54, 1.807) is 29.2 Å². The number of piperidine rings is 1. The van der Waals surface area contributed by atoms with Crippen molar-refractivity contribution in [2.24, 2.45) is 11.7 Å². The zero-order chi connectivity index (χ0) is 16.4. The molecule has 0 saturated carbocycles. The van der Waals surface area contributed by atoms with Crippen molar-refractivity contribution < 1.29 is 9.21 Å². The number of H-pyrrole nitrogens is 1. The lowest BCUT2D eigenvalue weighted by Gasteiger charge is -2.33. The number of furan rings is 1. The maximum atomic E-state index is 12.5. The highest BCUT2D eigenvalue weighted by atomic mass is 16.3. The summed E-state index contributed by atoms with van der Waals surface area (Å²) >= 11 is 0. The van der Waals surface area contributed by atoms with Crippen LogP contribution in [0.25, 0.3) is 11.5 Å². The minimum Gasteiger partial charge on any atom is -0.463 e. The van der Waals surface area contributed by atoms with Gasteiger partial charge in [-0.05, 0) is 49.9 Å². The van der Waals surface area contributed by atoms with Gasteiger partial charge in [-0.15, -0.1) is 0 Å². The van der Waals surface area contributed by atoms with Gasteiger partial charge >= 0.3 is 0 Å². The molecule has 23 heavy (non-hydrogen) atoms. The molecule has 0 aromatic carbocycles. The van der Waals surface area contributed by atoms with Gasteiger partial charge < -0.3 is 20.0 Å². The average Bonchev–Trinajstić information content (AvgIpc) is 3.08. The Labute approximate surface area is 134 Å². The summed E-state index contributed by atoms with van der Waals surface area (Å²) in [5.74, 6) is 0.790. The Morgan fingerprint density at radius 2 is 2.09 bits per heavy atom. The standard InChI is InChI=1S/C17H21N3O3/c1-11(18)12-6-8-20(9-7-12)17(22)13-4-5-14(19-16(13)21)15-3-2-10-23-15/h2-5,10-12H,6-9,18H2,1H3,(H,19,21). The van der Waals surface area contributed by atoms with Gasteiger partial charge in [0.1, 0.15) is 11.3 Å². The minimum atomic E-state index is -0.391. The molecular formula is C17H21N3O3. The molecule has 1 aliphatic heterocycles. The molecule has 1 unspecified atom stereocenters. The summed E-state index contributed by atoms with van der Waals surface area (Å²) < 4.78 is 5.25. The fraction of sp³-hybridized carbons (Fsp3) is 0.412. The number of likely N-dealkylation sites (tertiary alicyclic amines) is 1. The van der Waals surface area contributed by atoms with Crippen molar-refractivity contribution in [1.82, 2.24) is 9.88 Å². The number of carbonyl (C=O) groups excluding carboxylic acids is 1. The van der Waals surface area contributed by atoms with Crippen LogP contribution in [0.5, 0.6) is 0 Å². The fourth-order valence-corrected chi connectivity index (χ4v) is 3.02. The Kier molecular flexibility index (Phi) is 4.34. The van der Waals surface area contributed by atoms with Gasteiger partial charge in [-0.3, -0.25) is 9.59 Å². The lowest BCUT2D eigenvalue weighted by Crippen LogP contribution is -2.43. The number of hydrogen-bond acceptors (Lipinski definition) is 4. The smallest absolute Gasteiger partial charge is 0.261 e. The highest BCUT2D eigenvalue weighted by Crippen LogP contribution is 2.21. The molecule has 0 radical (unpaired) electrons. The number of pyridine rings is 1. The normalized spacial score (nSPS) is 17.2. The number of nitrogens with zero attached hydrogens (tertiary/aromatic N) is 1. The summed E-state index contributed by atoms with van der Waals surface area (Å²) in [7, 11) is 0. The van der Waals surface area contributed by atoms with E-state index in [1.807, 2.05) is 6.92 Å². The van der Waals surface area contributed by atoms with E-state index < -0.39 is 5.56 Å². The van der Waals surface area contributed by atoms with Crippen LogP contribution in [0.2, 0.25) is 0 Å². The van der Waals surface area contributed by atoms with Crippen LogP contribution in [-0.2, 0) is 0 Å². The summed E-state index contributed by atoms with van der Waals surface area (Å²) in [5.41, 5.74) is 6.26. The molecule has 3 rings (SSSR count). The van der Waals surface area contributed by atoms with Gasteiger partial charge in [-0.2, -0.15) is 0 Å². The Balaban J connectivity index is 1.75. The predicted octanol–water partition coefficient (Wildman–Crippen LogP) is 1.83. The van der Waals surface area contributed by atoms with Crippen LogP contribution in [0.15, 0.2) is 39.7 Å². The summed E-state index contributed by atoms with van der Waals surface area (Å²) in [5, 5.41) is 0. The number of hydrogen-bond donors (Lipinski definition) is 2. The molecule has 6 nitrogen and oxygen atoms in total. The third-order valence-corrected chi connectivity index (χ3v) is 4.50. The third kappa shape index (κ3) is 3.22. The lowest BCUT2D eigenvalue weighted by atomic mass is 9.91. The van der Waals surface area contributed by atoms with Crippen LogP contribution in [-0.4, -0.2) is 34.9 Å². The van der Waals surface area contributed by atoms with Gasteiger partial charge in [0, 0.05) is 19.1 Å². The Bertz CT molecular complexity index is 726. The second-order valence-electron chi connectivity index (χ2n) is 6.08. The second-order valence-corrected chi connectivity index (χ2v) is 6.08. The third-order valence-electron chi connectivity index (χ3n) is 4.50. The first-order valence-corrected chi connectivity index (χ1v) is 7.88. The zero-order valence-corrected chi connectivity index (χ0v) is 13.1. The van der Waals surface area contributed by atoms with Crippen LogP contribution in [0.3, 0.4) is 0 Å². The topological polar surface area (TPSA) is 92.3 Å². The van der Waals surface area contributed by atoms with Crippen LogP contribution < -0.4 is 11.3 Å². The highest BCUT2D eigenvalue weighted by molar-refractivity contribution is 5.94. The summed E-state index contributed by atoms with van der Waals surface area (Å²) in [6.07, 6.45) is 3.30. The molecule has 122 valence electrons. The Hall–Kier alpha value is -2.34. The molecule has 1 aliphatic rings. The van der Waals surface area contributed by atoms with E-state index in [0.29, 0.717) is 30.5 Å². The van der Waals surface area contributed by atoms with Crippen molar-refractivity contribution in [2.75, 3.05) is 13.1 Å². The molecule has 0 bridgehead atoms. The van der Waals surface area contributed by atoms with E-state index in [0.717, 1.165) is 12.8 Å². The van der Waals surface area contributed by atoms with Crippen molar-refractivity contribution in [2.45, 2.75) is 25.8 Å². The summed E-state index contributed by atoms with van der Waals surface area (Å²) in [4.78, 5) is 29.2. The first-order chi connectivity index (χ1) is 11.1. The minimum absolute atomic E-state index is 0.142. The number of aromatic nitrogens is 1. The van der Waals surface area contributed by atoms with Crippen molar-refractivity contribution in [1.29, 1.82) is 0 Å². The second kappa shape index (κ2) is 6.42. The van der Waals surface area contributed by atoms with E-state index >= 15 is 0 Å².